The van der Waals surface area contributed by atoms with Crippen molar-refractivity contribution >= 4 is 5.97 Å². The zero-order valence-electron chi connectivity index (χ0n) is 7.26. The van der Waals surface area contributed by atoms with E-state index in [2.05, 4.69) is 0 Å². The third-order valence-corrected chi connectivity index (χ3v) is 2.22. The third-order valence-electron chi connectivity index (χ3n) is 2.22. The number of aromatic nitrogens is 2. The standard InChI is InChI=1S/C8H9FN2O3/c9-6(7(12)13)11-4-3-10(8(11)14)5-1-2-5/h3-6H,1-2H2,(H,12,13). The molecule has 0 bridgehead atoms. The van der Waals surface area contributed by atoms with E-state index in [1.54, 1.807) is 0 Å². The molecule has 0 amide bonds. The zero-order chi connectivity index (χ0) is 10.3. The van der Waals surface area contributed by atoms with Gasteiger partial charge >= 0.3 is 11.7 Å². The van der Waals surface area contributed by atoms with Crippen molar-refractivity contribution in [2.24, 2.45) is 0 Å². The Kier molecular flexibility index (Phi) is 1.90. The van der Waals surface area contributed by atoms with Crippen LogP contribution < -0.4 is 5.69 Å². The van der Waals surface area contributed by atoms with Gasteiger partial charge in [-0.25, -0.2) is 14.0 Å². The van der Waals surface area contributed by atoms with E-state index in [1.165, 1.54) is 17.0 Å². The smallest absolute Gasteiger partial charge is 0.360 e. The molecule has 0 saturated heterocycles. The van der Waals surface area contributed by atoms with E-state index in [-0.39, 0.29) is 6.04 Å². The van der Waals surface area contributed by atoms with Crippen molar-refractivity contribution in [3.05, 3.63) is 22.9 Å². The van der Waals surface area contributed by atoms with Crippen LogP contribution in [0.1, 0.15) is 25.2 Å². The fourth-order valence-electron chi connectivity index (χ4n) is 1.33. The van der Waals surface area contributed by atoms with Crippen LogP contribution in [0.4, 0.5) is 4.39 Å². The number of hydrogen-bond donors (Lipinski definition) is 1. The Balaban J connectivity index is 2.35. The van der Waals surface area contributed by atoms with Crippen LogP contribution in [0, 0.1) is 0 Å². The van der Waals surface area contributed by atoms with Gasteiger partial charge in [0.25, 0.3) is 6.30 Å². The minimum absolute atomic E-state index is 0.129. The Hall–Kier alpha value is -1.59. The predicted octanol–water partition coefficient (Wildman–Crippen LogP) is 0.537. The Morgan fingerprint density at radius 2 is 2.21 bits per heavy atom. The summed E-state index contributed by atoms with van der Waals surface area (Å²) in [5.41, 5.74) is -0.595. The first-order valence-electron chi connectivity index (χ1n) is 4.27. The number of carbonyl (C=O) groups is 1. The minimum atomic E-state index is -2.29. The van der Waals surface area contributed by atoms with Crippen LogP contribution in [0.2, 0.25) is 0 Å². The van der Waals surface area contributed by atoms with Gasteiger partial charge in [0.2, 0.25) is 0 Å². The Bertz CT molecular complexity index is 418. The van der Waals surface area contributed by atoms with Crippen LogP contribution in [0.15, 0.2) is 17.2 Å². The number of alkyl halides is 1. The number of halogens is 1. The molecule has 5 nitrogen and oxygen atoms in total. The molecule has 0 spiro atoms. The molecular weight excluding hydrogens is 191 g/mol. The van der Waals surface area contributed by atoms with Crippen molar-refractivity contribution in [2.75, 3.05) is 0 Å². The summed E-state index contributed by atoms with van der Waals surface area (Å²) in [6, 6.07) is 0.129. The summed E-state index contributed by atoms with van der Waals surface area (Å²) in [6.45, 7) is 0. The Labute approximate surface area is 78.4 Å². The zero-order valence-corrected chi connectivity index (χ0v) is 7.26. The largest absolute Gasteiger partial charge is 0.478 e. The monoisotopic (exact) mass is 200 g/mol. The van der Waals surface area contributed by atoms with Crippen LogP contribution in [0.25, 0.3) is 0 Å². The van der Waals surface area contributed by atoms with Gasteiger partial charge in [-0.15, -0.1) is 0 Å². The maximum absolute atomic E-state index is 13.0. The lowest BCUT2D eigenvalue weighted by atomic mass is 10.6. The van der Waals surface area contributed by atoms with Crippen LogP contribution in [0.3, 0.4) is 0 Å². The number of carboxylic acids is 1. The lowest BCUT2D eigenvalue weighted by Gasteiger charge is -2.02. The number of imidazole rings is 1. The molecule has 1 unspecified atom stereocenters. The number of aliphatic carboxylic acids is 1. The molecule has 1 N–H and O–H groups in total. The molecule has 1 aliphatic rings. The highest BCUT2D eigenvalue weighted by atomic mass is 19.1. The van der Waals surface area contributed by atoms with E-state index in [0.717, 1.165) is 12.8 Å². The number of carboxylic acid groups (broad SMARTS) is 1. The van der Waals surface area contributed by atoms with E-state index < -0.39 is 18.0 Å². The summed E-state index contributed by atoms with van der Waals surface area (Å²) in [6.07, 6.45) is 2.10. The molecule has 2 rings (SSSR count). The maximum atomic E-state index is 13.0. The molecule has 1 aromatic rings. The van der Waals surface area contributed by atoms with Crippen molar-refractivity contribution in [3.8, 4) is 0 Å². The van der Waals surface area contributed by atoms with Crippen molar-refractivity contribution in [1.82, 2.24) is 9.13 Å². The summed E-state index contributed by atoms with van der Waals surface area (Å²) in [7, 11) is 0. The fraction of sp³-hybridized carbons (Fsp3) is 0.500. The third kappa shape index (κ3) is 1.32. The average molecular weight is 200 g/mol. The van der Waals surface area contributed by atoms with Gasteiger partial charge in [0.1, 0.15) is 0 Å². The highest BCUT2D eigenvalue weighted by molar-refractivity contribution is 5.70. The Morgan fingerprint density at radius 3 is 2.71 bits per heavy atom. The molecular formula is C8H9FN2O3. The van der Waals surface area contributed by atoms with Crippen molar-refractivity contribution in [2.45, 2.75) is 25.2 Å². The molecule has 1 saturated carbocycles. The van der Waals surface area contributed by atoms with Gasteiger partial charge in [-0.05, 0) is 12.8 Å². The van der Waals surface area contributed by atoms with Crippen LogP contribution >= 0.6 is 0 Å². The number of nitrogens with zero attached hydrogens (tertiary/aromatic N) is 2. The topological polar surface area (TPSA) is 64.2 Å². The first-order valence-corrected chi connectivity index (χ1v) is 4.27. The van der Waals surface area contributed by atoms with E-state index in [9.17, 15) is 14.0 Å². The molecule has 14 heavy (non-hydrogen) atoms. The molecule has 1 aromatic heterocycles. The van der Waals surface area contributed by atoms with Crippen molar-refractivity contribution < 1.29 is 14.3 Å². The van der Waals surface area contributed by atoms with Gasteiger partial charge in [-0.2, -0.15) is 0 Å². The van der Waals surface area contributed by atoms with E-state index in [0.29, 0.717) is 4.57 Å². The quantitative estimate of drug-likeness (QED) is 0.774. The second kappa shape index (κ2) is 2.97. The van der Waals surface area contributed by atoms with Gasteiger partial charge in [0, 0.05) is 18.4 Å². The summed E-state index contributed by atoms with van der Waals surface area (Å²) in [5.74, 6) is -1.65. The number of rotatable bonds is 3. The summed E-state index contributed by atoms with van der Waals surface area (Å²) >= 11 is 0. The summed E-state index contributed by atoms with van der Waals surface area (Å²) in [5, 5.41) is 8.38. The highest BCUT2D eigenvalue weighted by Crippen LogP contribution is 2.33. The van der Waals surface area contributed by atoms with Crippen LogP contribution in [-0.4, -0.2) is 20.2 Å². The van der Waals surface area contributed by atoms with Gasteiger partial charge in [0.05, 0.1) is 0 Å². The molecule has 1 heterocycles. The van der Waals surface area contributed by atoms with Crippen LogP contribution in [-0.2, 0) is 4.79 Å². The fourth-order valence-corrected chi connectivity index (χ4v) is 1.33. The van der Waals surface area contributed by atoms with Gasteiger partial charge in [-0.3, -0.25) is 9.13 Å². The SMILES string of the molecule is O=C(O)C(F)n1ccn(C2CC2)c1=O. The summed E-state index contributed by atoms with van der Waals surface area (Å²) in [4.78, 5) is 21.7. The lowest BCUT2D eigenvalue weighted by molar-refractivity contribution is -0.146. The second-order valence-corrected chi connectivity index (χ2v) is 3.30. The first-order chi connectivity index (χ1) is 6.61. The molecule has 1 atom stereocenters. The van der Waals surface area contributed by atoms with Gasteiger partial charge < -0.3 is 5.11 Å². The molecule has 76 valence electrons. The van der Waals surface area contributed by atoms with E-state index in [4.69, 9.17) is 5.11 Å². The molecule has 0 aliphatic heterocycles. The van der Waals surface area contributed by atoms with Crippen molar-refractivity contribution in [1.29, 1.82) is 0 Å². The van der Waals surface area contributed by atoms with Crippen LogP contribution in [0.5, 0.6) is 0 Å². The van der Waals surface area contributed by atoms with Gasteiger partial charge in [-0.1, -0.05) is 0 Å². The summed E-state index contributed by atoms with van der Waals surface area (Å²) < 4.78 is 14.9. The van der Waals surface area contributed by atoms with Crippen molar-refractivity contribution in [3.63, 3.8) is 0 Å². The predicted molar refractivity (Wildman–Crippen MR) is 44.7 cm³/mol. The highest BCUT2D eigenvalue weighted by Gasteiger charge is 2.28. The molecule has 0 aromatic carbocycles. The average Bonchev–Trinajstić information content (AvgIpc) is 2.89. The van der Waals surface area contributed by atoms with E-state index in [1.807, 2.05) is 0 Å². The lowest BCUT2D eigenvalue weighted by Crippen LogP contribution is -2.28. The second-order valence-electron chi connectivity index (χ2n) is 3.30. The molecule has 6 heteroatoms. The molecule has 0 radical (unpaired) electrons. The van der Waals surface area contributed by atoms with E-state index >= 15 is 0 Å². The number of hydrogen-bond acceptors (Lipinski definition) is 2. The minimum Gasteiger partial charge on any atom is -0.478 e. The maximum Gasteiger partial charge on any atom is 0.360 e. The Morgan fingerprint density at radius 1 is 1.57 bits per heavy atom. The normalized spacial score (nSPS) is 18.1. The first kappa shape index (κ1) is 8.98. The van der Waals surface area contributed by atoms with Gasteiger partial charge in [0.15, 0.2) is 0 Å². The molecule has 1 aliphatic carbocycles. The molecule has 1 fully saturated rings.